The van der Waals surface area contributed by atoms with Crippen LogP contribution < -0.4 is 10.5 Å². The standard InChI is InChI=1S/C11H16N2OS/c1-7(2)6-14-11-9(10(12)15)5-4-8(3)13-11/h4-5,7H,6H2,1-3H3,(H2,12,15). The Morgan fingerprint density at radius 3 is 2.73 bits per heavy atom. The number of rotatable bonds is 4. The molecule has 0 aliphatic carbocycles. The predicted octanol–water partition coefficient (Wildman–Crippen LogP) is 2.06. The third-order valence-corrected chi connectivity index (χ3v) is 2.04. The number of thiocarbonyl (C=S) groups is 1. The second-order valence-corrected chi connectivity index (χ2v) is 4.31. The molecule has 0 spiro atoms. The average Bonchev–Trinajstić information content (AvgIpc) is 2.14. The van der Waals surface area contributed by atoms with Crippen molar-refractivity contribution in [3.8, 4) is 5.88 Å². The number of nitrogens with two attached hydrogens (primary N) is 1. The molecule has 0 radical (unpaired) electrons. The fraction of sp³-hybridized carbons (Fsp3) is 0.455. The summed E-state index contributed by atoms with van der Waals surface area (Å²) in [6.07, 6.45) is 0. The highest BCUT2D eigenvalue weighted by atomic mass is 32.1. The maximum atomic E-state index is 5.58. The summed E-state index contributed by atoms with van der Waals surface area (Å²) in [5, 5.41) is 0. The normalized spacial score (nSPS) is 10.4. The van der Waals surface area contributed by atoms with Crippen LogP contribution in [0.3, 0.4) is 0 Å². The molecule has 1 aromatic rings. The van der Waals surface area contributed by atoms with E-state index in [2.05, 4.69) is 18.8 Å². The van der Waals surface area contributed by atoms with E-state index in [-0.39, 0.29) is 0 Å². The Balaban J connectivity index is 2.92. The van der Waals surface area contributed by atoms with E-state index in [1.165, 1.54) is 0 Å². The van der Waals surface area contributed by atoms with E-state index in [0.29, 0.717) is 29.0 Å². The molecule has 2 N–H and O–H groups in total. The van der Waals surface area contributed by atoms with Crippen molar-refractivity contribution in [2.45, 2.75) is 20.8 Å². The van der Waals surface area contributed by atoms with Crippen molar-refractivity contribution >= 4 is 17.2 Å². The quantitative estimate of drug-likeness (QED) is 0.795. The number of aromatic nitrogens is 1. The van der Waals surface area contributed by atoms with Crippen molar-refractivity contribution in [3.05, 3.63) is 23.4 Å². The highest BCUT2D eigenvalue weighted by Gasteiger charge is 2.09. The van der Waals surface area contributed by atoms with Crippen LogP contribution in [0.4, 0.5) is 0 Å². The van der Waals surface area contributed by atoms with Crippen LogP contribution in [0.1, 0.15) is 25.1 Å². The van der Waals surface area contributed by atoms with Crippen LogP contribution in [0.25, 0.3) is 0 Å². The molecule has 0 saturated carbocycles. The molecule has 0 unspecified atom stereocenters. The van der Waals surface area contributed by atoms with E-state index in [1.54, 1.807) is 0 Å². The van der Waals surface area contributed by atoms with Gasteiger partial charge in [-0.25, -0.2) is 4.98 Å². The summed E-state index contributed by atoms with van der Waals surface area (Å²) < 4.78 is 5.56. The Kier molecular flexibility index (Phi) is 4.03. The van der Waals surface area contributed by atoms with Crippen molar-refractivity contribution in [2.75, 3.05) is 6.61 Å². The fourth-order valence-electron chi connectivity index (χ4n) is 1.08. The van der Waals surface area contributed by atoms with Gasteiger partial charge in [-0.1, -0.05) is 26.1 Å². The van der Waals surface area contributed by atoms with Crippen molar-refractivity contribution in [2.24, 2.45) is 11.7 Å². The summed E-state index contributed by atoms with van der Waals surface area (Å²) in [5.74, 6) is 0.989. The number of hydrogen-bond donors (Lipinski definition) is 1. The fourth-order valence-corrected chi connectivity index (χ4v) is 1.23. The lowest BCUT2D eigenvalue weighted by Crippen LogP contribution is -2.15. The molecular weight excluding hydrogens is 208 g/mol. The van der Waals surface area contributed by atoms with Crippen molar-refractivity contribution < 1.29 is 4.74 Å². The van der Waals surface area contributed by atoms with E-state index in [0.717, 1.165) is 5.69 Å². The van der Waals surface area contributed by atoms with Gasteiger partial charge in [-0.3, -0.25) is 0 Å². The first kappa shape index (κ1) is 11.9. The molecule has 0 saturated heterocycles. The van der Waals surface area contributed by atoms with Crippen LogP contribution in [-0.4, -0.2) is 16.6 Å². The van der Waals surface area contributed by atoms with E-state index >= 15 is 0 Å². The number of pyridine rings is 1. The van der Waals surface area contributed by atoms with Gasteiger partial charge in [0.1, 0.15) is 4.99 Å². The molecule has 0 bridgehead atoms. The Morgan fingerprint density at radius 1 is 1.53 bits per heavy atom. The Bertz CT molecular complexity index is 364. The molecule has 1 rings (SSSR count). The maximum Gasteiger partial charge on any atom is 0.223 e. The third kappa shape index (κ3) is 3.47. The number of aryl methyl sites for hydroxylation is 1. The summed E-state index contributed by atoms with van der Waals surface area (Å²) in [5.41, 5.74) is 7.18. The highest BCUT2D eigenvalue weighted by molar-refractivity contribution is 7.80. The van der Waals surface area contributed by atoms with Gasteiger partial charge in [-0.15, -0.1) is 0 Å². The zero-order valence-corrected chi connectivity index (χ0v) is 10.1. The van der Waals surface area contributed by atoms with Gasteiger partial charge >= 0.3 is 0 Å². The number of ether oxygens (including phenoxy) is 1. The van der Waals surface area contributed by atoms with E-state index < -0.39 is 0 Å². The van der Waals surface area contributed by atoms with Gasteiger partial charge in [0.25, 0.3) is 0 Å². The predicted molar refractivity (Wildman–Crippen MR) is 65.2 cm³/mol. The maximum absolute atomic E-state index is 5.58. The minimum Gasteiger partial charge on any atom is -0.477 e. The molecule has 0 aromatic carbocycles. The zero-order chi connectivity index (χ0) is 11.4. The van der Waals surface area contributed by atoms with Crippen molar-refractivity contribution in [3.63, 3.8) is 0 Å². The molecule has 82 valence electrons. The first-order valence-electron chi connectivity index (χ1n) is 4.91. The third-order valence-electron chi connectivity index (χ3n) is 1.82. The van der Waals surface area contributed by atoms with Gasteiger partial charge in [0.15, 0.2) is 0 Å². The summed E-state index contributed by atoms with van der Waals surface area (Å²) in [4.78, 5) is 4.60. The smallest absolute Gasteiger partial charge is 0.223 e. The molecule has 1 aromatic heterocycles. The molecule has 0 fully saturated rings. The van der Waals surface area contributed by atoms with E-state index in [4.69, 9.17) is 22.7 Å². The molecule has 1 heterocycles. The molecule has 15 heavy (non-hydrogen) atoms. The molecule has 4 heteroatoms. The number of hydrogen-bond acceptors (Lipinski definition) is 3. The first-order chi connectivity index (χ1) is 7.00. The molecule has 3 nitrogen and oxygen atoms in total. The second kappa shape index (κ2) is 5.07. The summed E-state index contributed by atoms with van der Waals surface area (Å²) in [7, 11) is 0. The largest absolute Gasteiger partial charge is 0.477 e. The average molecular weight is 224 g/mol. The molecule has 0 amide bonds. The summed E-state index contributed by atoms with van der Waals surface area (Å²) >= 11 is 4.93. The summed E-state index contributed by atoms with van der Waals surface area (Å²) in [6.45, 7) is 6.68. The van der Waals surface area contributed by atoms with E-state index in [1.807, 2.05) is 19.1 Å². The van der Waals surface area contributed by atoms with Gasteiger partial charge < -0.3 is 10.5 Å². The minimum absolute atomic E-state index is 0.321. The van der Waals surface area contributed by atoms with Crippen LogP contribution in [-0.2, 0) is 0 Å². The van der Waals surface area contributed by atoms with Gasteiger partial charge in [-0.05, 0) is 25.0 Å². The van der Waals surface area contributed by atoms with Crippen LogP contribution in [0.15, 0.2) is 12.1 Å². The van der Waals surface area contributed by atoms with Gasteiger partial charge in [0.2, 0.25) is 5.88 Å². The van der Waals surface area contributed by atoms with Gasteiger partial charge in [-0.2, -0.15) is 0 Å². The Morgan fingerprint density at radius 2 is 2.20 bits per heavy atom. The lowest BCUT2D eigenvalue weighted by molar-refractivity contribution is 0.260. The molecule has 0 atom stereocenters. The molecular formula is C11H16N2OS. The Labute approximate surface area is 95.7 Å². The second-order valence-electron chi connectivity index (χ2n) is 3.87. The van der Waals surface area contributed by atoms with Gasteiger partial charge in [0, 0.05) is 5.69 Å². The van der Waals surface area contributed by atoms with Gasteiger partial charge in [0.05, 0.1) is 12.2 Å². The Hall–Kier alpha value is -1.16. The number of nitrogens with zero attached hydrogens (tertiary/aromatic N) is 1. The van der Waals surface area contributed by atoms with E-state index in [9.17, 15) is 0 Å². The van der Waals surface area contributed by atoms with Crippen LogP contribution in [0.2, 0.25) is 0 Å². The highest BCUT2D eigenvalue weighted by Crippen LogP contribution is 2.16. The monoisotopic (exact) mass is 224 g/mol. The van der Waals surface area contributed by atoms with Crippen molar-refractivity contribution in [1.82, 2.24) is 4.98 Å². The summed E-state index contributed by atoms with van der Waals surface area (Å²) in [6, 6.07) is 3.72. The van der Waals surface area contributed by atoms with Crippen LogP contribution >= 0.6 is 12.2 Å². The molecule has 0 aliphatic rings. The molecule has 0 aliphatic heterocycles. The van der Waals surface area contributed by atoms with Crippen molar-refractivity contribution in [1.29, 1.82) is 0 Å². The minimum atomic E-state index is 0.321. The van der Waals surface area contributed by atoms with Crippen LogP contribution in [0, 0.1) is 12.8 Å². The lowest BCUT2D eigenvalue weighted by atomic mass is 10.2. The SMILES string of the molecule is Cc1ccc(C(N)=S)c(OCC(C)C)n1. The zero-order valence-electron chi connectivity index (χ0n) is 9.28. The van der Waals surface area contributed by atoms with Crippen LogP contribution in [0.5, 0.6) is 5.88 Å². The lowest BCUT2D eigenvalue weighted by Gasteiger charge is -2.11. The first-order valence-corrected chi connectivity index (χ1v) is 5.31. The topological polar surface area (TPSA) is 48.1 Å².